The first kappa shape index (κ1) is 12.3. The van der Waals surface area contributed by atoms with Crippen molar-refractivity contribution in [2.24, 2.45) is 0 Å². The molecule has 1 amide bonds. The van der Waals surface area contributed by atoms with Gasteiger partial charge in [0, 0.05) is 19.3 Å². The van der Waals surface area contributed by atoms with Crippen LogP contribution >= 0.6 is 0 Å². The number of aromatic nitrogens is 2. The molecule has 1 rings (SSSR count). The van der Waals surface area contributed by atoms with Crippen molar-refractivity contribution < 1.29 is 4.79 Å². The molecular formula is C11H18N4O. The fraction of sp³-hybridized carbons (Fsp3) is 0.455. The number of nitrogens with zero attached hydrogens (tertiary/aromatic N) is 3. The molecule has 0 saturated carbocycles. The van der Waals surface area contributed by atoms with Crippen molar-refractivity contribution >= 4 is 11.6 Å². The van der Waals surface area contributed by atoms with Crippen LogP contribution in [0.4, 0.5) is 5.69 Å². The lowest BCUT2D eigenvalue weighted by Gasteiger charge is -2.20. The molecule has 0 aliphatic rings. The van der Waals surface area contributed by atoms with E-state index in [-0.39, 0.29) is 12.5 Å². The Morgan fingerprint density at radius 3 is 3.00 bits per heavy atom. The van der Waals surface area contributed by atoms with Crippen molar-refractivity contribution in [2.45, 2.75) is 19.9 Å². The average molecular weight is 222 g/mol. The molecule has 0 fully saturated rings. The van der Waals surface area contributed by atoms with Gasteiger partial charge in [0.15, 0.2) is 0 Å². The Kier molecular flexibility index (Phi) is 4.57. The smallest absolute Gasteiger partial charge is 0.244 e. The monoisotopic (exact) mass is 222 g/mol. The highest BCUT2D eigenvalue weighted by molar-refractivity contribution is 5.76. The normalized spacial score (nSPS) is 10.1. The van der Waals surface area contributed by atoms with E-state index in [4.69, 9.17) is 5.73 Å². The molecule has 0 aromatic carbocycles. The fourth-order valence-corrected chi connectivity index (χ4v) is 1.45. The van der Waals surface area contributed by atoms with Crippen LogP contribution in [0.25, 0.3) is 0 Å². The predicted octanol–water partition coefficient (Wildman–Crippen LogP) is 0.890. The summed E-state index contributed by atoms with van der Waals surface area (Å²) >= 11 is 0. The van der Waals surface area contributed by atoms with Crippen molar-refractivity contribution in [1.29, 1.82) is 0 Å². The Morgan fingerprint density at radius 1 is 1.75 bits per heavy atom. The van der Waals surface area contributed by atoms with Crippen LogP contribution in [-0.2, 0) is 11.3 Å². The summed E-state index contributed by atoms with van der Waals surface area (Å²) in [6, 6.07) is 0. The van der Waals surface area contributed by atoms with Gasteiger partial charge in [0.05, 0.1) is 11.9 Å². The Balaban J connectivity index is 2.57. The van der Waals surface area contributed by atoms with Gasteiger partial charge in [-0.2, -0.15) is 5.10 Å². The van der Waals surface area contributed by atoms with E-state index in [1.807, 2.05) is 6.92 Å². The van der Waals surface area contributed by atoms with E-state index in [1.54, 1.807) is 21.9 Å². The summed E-state index contributed by atoms with van der Waals surface area (Å²) in [5.41, 5.74) is 6.09. The number of hydrogen-bond donors (Lipinski definition) is 1. The van der Waals surface area contributed by atoms with E-state index in [2.05, 4.69) is 11.7 Å². The minimum Gasteiger partial charge on any atom is -0.396 e. The first-order chi connectivity index (χ1) is 7.67. The molecule has 1 aromatic heterocycles. The number of carbonyl (C=O) groups excluding carboxylic acids is 1. The average Bonchev–Trinajstić information content (AvgIpc) is 2.63. The molecule has 1 aromatic rings. The molecule has 2 N–H and O–H groups in total. The standard InChI is InChI=1S/C11H18N4O/c1-3-5-14(6-4-2)11(16)9-15-8-10(12)7-13-15/h3,7-8H,1,4-6,9,12H2,2H3. The number of carbonyl (C=O) groups is 1. The lowest BCUT2D eigenvalue weighted by Crippen LogP contribution is -2.34. The Bertz CT molecular complexity index is 359. The largest absolute Gasteiger partial charge is 0.396 e. The highest BCUT2D eigenvalue weighted by Crippen LogP contribution is 2.00. The molecule has 0 bridgehead atoms. The van der Waals surface area contributed by atoms with Crippen molar-refractivity contribution in [2.75, 3.05) is 18.8 Å². The van der Waals surface area contributed by atoms with Crippen LogP contribution in [0.15, 0.2) is 25.0 Å². The molecule has 16 heavy (non-hydrogen) atoms. The molecular weight excluding hydrogens is 204 g/mol. The third kappa shape index (κ3) is 3.42. The van der Waals surface area contributed by atoms with Crippen molar-refractivity contribution in [1.82, 2.24) is 14.7 Å². The molecule has 5 heteroatoms. The zero-order valence-corrected chi connectivity index (χ0v) is 9.59. The van der Waals surface area contributed by atoms with E-state index in [0.717, 1.165) is 13.0 Å². The van der Waals surface area contributed by atoms with Gasteiger partial charge in [0.1, 0.15) is 6.54 Å². The molecule has 88 valence electrons. The van der Waals surface area contributed by atoms with Gasteiger partial charge in [-0.1, -0.05) is 13.0 Å². The number of amides is 1. The van der Waals surface area contributed by atoms with E-state index < -0.39 is 0 Å². The molecule has 0 radical (unpaired) electrons. The van der Waals surface area contributed by atoms with Crippen molar-refractivity contribution in [3.8, 4) is 0 Å². The van der Waals surface area contributed by atoms with Crippen molar-refractivity contribution in [3.05, 3.63) is 25.0 Å². The molecule has 0 unspecified atom stereocenters. The lowest BCUT2D eigenvalue weighted by atomic mass is 10.3. The SMILES string of the molecule is C=CCN(CCC)C(=O)Cn1cc(N)cn1. The second kappa shape index (κ2) is 5.95. The maximum absolute atomic E-state index is 11.9. The summed E-state index contributed by atoms with van der Waals surface area (Å²) in [4.78, 5) is 13.6. The van der Waals surface area contributed by atoms with Gasteiger partial charge < -0.3 is 10.6 Å². The summed E-state index contributed by atoms with van der Waals surface area (Å²) < 4.78 is 1.55. The van der Waals surface area contributed by atoms with E-state index in [9.17, 15) is 4.79 Å². The van der Waals surface area contributed by atoms with Crippen LogP contribution in [0.5, 0.6) is 0 Å². The maximum Gasteiger partial charge on any atom is 0.244 e. The number of anilines is 1. The van der Waals surface area contributed by atoms with Crippen LogP contribution in [-0.4, -0.2) is 33.7 Å². The number of nitrogen functional groups attached to an aromatic ring is 1. The van der Waals surface area contributed by atoms with Crippen LogP contribution < -0.4 is 5.73 Å². The fourth-order valence-electron chi connectivity index (χ4n) is 1.45. The number of hydrogen-bond acceptors (Lipinski definition) is 3. The third-order valence-electron chi connectivity index (χ3n) is 2.15. The van der Waals surface area contributed by atoms with Gasteiger partial charge in [0.25, 0.3) is 0 Å². The van der Waals surface area contributed by atoms with Crippen LogP contribution in [0, 0.1) is 0 Å². The molecule has 0 aliphatic heterocycles. The number of nitrogens with two attached hydrogens (primary N) is 1. The van der Waals surface area contributed by atoms with E-state index in [0.29, 0.717) is 12.2 Å². The molecule has 0 atom stereocenters. The number of rotatable bonds is 6. The van der Waals surface area contributed by atoms with Gasteiger partial charge in [0.2, 0.25) is 5.91 Å². The first-order valence-electron chi connectivity index (χ1n) is 5.34. The molecule has 5 nitrogen and oxygen atoms in total. The van der Waals surface area contributed by atoms with E-state index >= 15 is 0 Å². The molecule has 1 heterocycles. The van der Waals surface area contributed by atoms with E-state index in [1.165, 1.54) is 6.20 Å². The minimum atomic E-state index is 0.0323. The zero-order chi connectivity index (χ0) is 12.0. The first-order valence-corrected chi connectivity index (χ1v) is 5.34. The maximum atomic E-state index is 11.9. The third-order valence-corrected chi connectivity index (χ3v) is 2.15. The second-order valence-corrected chi connectivity index (χ2v) is 3.60. The van der Waals surface area contributed by atoms with Gasteiger partial charge in [-0.25, -0.2) is 0 Å². The predicted molar refractivity (Wildman–Crippen MR) is 63.7 cm³/mol. The highest BCUT2D eigenvalue weighted by Gasteiger charge is 2.11. The lowest BCUT2D eigenvalue weighted by molar-refractivity contribution is -0.131. The minimum absolute atomic E-state index is 0.0323. The Labute approximate surface area is 95.5 Å². The van der Waals surface area contributed by atoms with Gasteiger partial charge in [-0.3, -0.25) is 9.48 Å². The zero-order valence-electron chi connectivity index (χ0n) is 9.59. The van der Waals surface area contributed by atoms with Crippen LogP contribution in [0.1, 0.15) is 13.3 Å². The summed E-state index contributed by atoms with van der Waals surface area (Å²) in [7, 11) is 0. The van der Waals surface area contributed by atoms with Crippen molar-refractivity contribution in [3.63, 3.8) is 0 Å². The van der Waals surface area contributed by atoms with Crippen LogP contribution in [0.2, 0.25) is 0 Å². The summed E-state index contributed by atoms with van der Waals surface area (Å²) in [5, 5.41) is 3.98. The summed E-state index contributed by atoms with van der Waals surface area (Å²) in [5.74, 6) is 0.0323. The van der Waals surface area contributed by atoms with Gasteiger partial charge in [-0.05, 0) is 6.42 Å². The molecule has 0 aliphatic carbocycles. The molecule has 0 spiro atoms. The Hall–Kier alpha value is -1.78. The summed E-state index contributed by atoms with van der Waals surface area (Å²) in [6.07, 6.45) is 5.84. The summed E-state index contributed by atoms with van der Waals surface area (Å²) in [6.45, 7) is 7.21. The van der Waals surface area contributed by atoms with Crippen LogP contribution in [0.3, 0.4) is 0 Å². The topological polar surface area (TPSA) is 64.2 Å². The second-order valence-electron chi connectivity index (χ2n) is 3.60. The Morgan fingerprint density at radius 2 is 2.50 bits per heavy atom. The van der Waals surface area contributed by atoms with Gasteiger partial charge in [-0.15, -0.1) is 6.58 Å². The molecule has 0 saturated heterocycles. The quantitative estimate of drug-likeness (QED) is 0.727. The van der Waals surface area contributed by atoms with Gasteiger partial charge >= 0.3 is 0 Å². The highest BCUT2D eigenvalue weighted by atomic mass is 16.2.